The van der Waals surface area contributed by atoms with Crippen molar-refractivity contribution in [3.8, 4) is 0 Å². The molecule has 0 radical (unpaired) electrons. The second-order valence-corrected chi connectivity index (χ2v) is 10.8. The highest BCUT2D eigenvalue weighted by molar-refractivity contribution is 5.76. The Morgan fingerprint density at radius 1 is 1.15 bits per heavy atom. The third-order valence-corrected chi connectivity index (χ3v) is 7.93. The van der Waals surface area contributed by atoms with E-state index < -0.39 is 0 Å². The number of hydrogen-bond donors (Lipinski definition) is 1. The molecule has 3 atom stereocenters. The number of carbonyl (C=O) groups is 1. The van der Waals surface area contributed by atoms with E-state index in [2.05, 4.69) is 36.1 Å². The van der Waals surface area contributed by atoms with Gasteiger partial charge in [-0.25, -0.2) is 0 Å². The fraction of sp³-hybridized carbons (Fsp3) is 0.759. The number of nitrogens with two attached hydrogens (primary N) is 1. The number of rotatable bonds is 13. The van der Waals surface area contributed by atoms with Crippen molar-refractivity contribution < 1.29 is 14.3 Å². The monoisotopic (exact) mass is 472 g/mol. The van der Waals surface area contributed by atoms with Crippen LogP contribution in [0.1, 0.15) is 89.7 Å². The summed E-state index contributed by atoms with van der Waals surface area (Å²) in [6.45, 7) is 8.66. The number of nitrogens with zero attached hydrogens (tertiary/aromatic N) is 1. The second kappa shape index (κ2) is 14.2. The largest absolute Gasteiger partial charge is 0.382 e. The van der Waals surface area contributed by atoms with E-state index in [9.17, 15) is 4.79 Å². The number of carbonyl (C=O) groups excluding carboxylic acids is 1. The lowest BCUT2D eigenvalue weighted by Gasteiger charge is -2.45. The summed E-state index contributed by atoms with van der Waals surface area (Å²) in [6, 6.07) is 10.5. The number of hydrogen-bond acceptors (Lipinski definition) is 4. The van der Waals surface area contributed by atoms with Crippen LogP contribution in [-0.2, 0) is 14.3 Å². The first kappa shape index (κ1) is 27.2. The third-order valence-electron chi connectivity index (χ3n) is 7.93. The van der Waals surface area contributed by atoms with Crippen LogP contribution in [0.5, 0.6) is 0 Å². The van der Waals surface area contributed by atoms with Crippen LogP contribution in [0, 0.1) is 17.3 Å². The average molecular weight is 473 g/mol. The molecule has 0 aromatic heterocycles. The quantitative estimate of drug-likeness (QED) is 0.372. The molecule has 1 saturated heterocycles. The summed E-state index contributed by atoms with van der Waals surface area (Å²) < 4.78 is 12.0. The van der Waals surface area contributed by atoms with E-state index in [1.54, 1.807) is 0 Å². The summed E-state index contributed by atoms with van der Waals surface area (Å²) >= 11 is 0. The molecule has 0 bridgehead atoms. The predicted octanol–water partition coefficient (Wildman–Crippen LogP) is 5.74. The molecule has 34 heavy (non-hydrogen) atoms. The smallest absolute Gasteiger partial charge is 0.222 e. The van der Waals surface area contributed by atoms with Gasteiger partial charge in [0.15, 0.2) is 0 Å². The molecule has 2 aliphatic rings. The van der Waals surface area contributed by atoms with Gasteiger partial charge in [-0.15, -0.1) is 0 Å². The number of likely N-dealkylation sites (tertiary alicyclic amines) is 1. The molecule has 0 spiro atoms. The molecule has 2 N–H and O–H groups in total. The molecule has 0 unspecified atom stereocenters. The van der Waals surface area contributed by atoms with Crippen LogP contribution in [0.15, 0.2) is 30.3 Å². The van der Waals surface area contributed by atoms with Gasteiger partial charge in [-0.2, -0.15) is 0 Å². The minimum Gasteiger partial charge on any atom is -0.382 e. The molecule has 5 nitrogen and oxygen atoms in total. The third kappa shape index (κ3) is 8.07. The van der Waals surface area contributed by atoms with E-state index in [0.29, 0.717) is 25.5 Å². The predicted molar refractivity (Wildman–Crippen MR) is 139 cm³/mol. The zero-order valence-electron chi connectivity index (χ0n) is 21.7. The summed E-state index contributed by atoms with van der Waals surface area (Å²) in [7, 11) is 0. The minimum atomic E-state index is -0.109. The normalized spacial score (nSPS) is 23.6. The van der Waals surface area contributed by atoms with Crippen molar-refractivity contribution >= 4 is 5.91 Å². The van der Waals surface area contributed by atoms with Crippen LogP contribution in [0.2, 0.25) is 0 Å². The van der Waals surface area contributed by atoms with Gasteiger partial charge < -0.3 is 20.1 Å². The highest BCUT2D eigenvalue weighted by atomic mass is 16.5. The zero-order chi connectivity index (χ0) is 24.2. The number of amides is 1. The van der Waals surface area contributed by atoms with Crippen LogP contribution in [0.3, 0.4) is 0 Å². The SMILES string of the molecule is CCOCCCO[C@@H](c1ccccc1)[C@]1(C)CCCN(C(=O)C[C@H](CN)CC2CCCCC2)C1. The topological polar surface area (TPSA) is 64.8 Å². The molecular formula is C29H48N2O3. The Bertz CT molecular complexity index is 707. The fourth-order valence-electron chi connectivity index (χ4n) is 6.06. The molecule has 2 fully saturated rings. The van der Waals surface area contributed by atoms with Gasteiger partial charge in [0.2, 0.25) is 5.91 Å². The van der Waals surface area contributed by atoms with Crippen LogP contribution < -0.4 is 5.73 Å². The Morgan fingerprint density at radius 2 is 1.91 bits per heavy atom. The summed E-state index contributed by atoms with van der Waals surface area (Å²) in [5.74, 6) is 1.35. The van der Waals surface area contributed by atoms with Crippen molar-refractivity contribution in [3.63, 3.8) is 0 Å². The highest BCUT2D eigenvalue weighted by Crippen LogP contribution is 2.44. The van der Waals surface area contributed by atoms with E-state index in [1.165, 1.54) is 37.7 Å². The van der Waals surface area contributed by atoms with Gasteiger partial charge in [0, 0.05) is 44.7 Å². The van der Waals surface area contributed by atoms with Crippen molar-refractivity contribution in [2.45, 2.75) is 84.2 Å². The average Bonchev–Trinajstić information content (AvgIpc) is 2.86. The molecule has 1 aromatic carbocycles. The summed E-state index contributed by atoms with van der Waals surface area (Å²) in [5, 5.41) is 0. The molecule has 5 heteroatoms. The van der Waals surface area contributed by atoms with Crippen molar-refractivity contribution in [2.24, 2.45) is 23.0 Å². The van der Waals surface area contributed by atoms with Gasteiger partial charge in [-0.1, -0.05) is 69.4 Å². The van der Waals surface area contributed by atoms with Gasteiger partial charge in [0.05, 0.1) is 6.10 Å². The fourth-order valence-corrected chi connectivity index (χ4v) is 6.06. The molecular weight excluding hydrogens is 424 g/mol. The standard InChI is InChI=1S/C29H48N2O3/c1-3-33-18-11-19-34-28(26-14-8-5-9-15-26)29(2)16-10-17-31(23-29)27(32)21-25(22-30)20-24-12-6-4-7-13-24/h5,8-9,14-15,24-25,28H,3-4,6-7,10-13,16-23,30H2,1-2H3/t25-,28+,29-/m1/s1. The molecule has 1 heterocycles. The van der Waals surface area contributed by atoms with Crippen molar-refractivity contribution in [2.75, 3.05) is 39.5 Å². The highest BCUT2D eigenvalue weighted by Gasteiger charge is 2.41. The molecule has 1 aromatic rings. The molecule has 1 aliphatic carbocycles. The molecule has 3 rings (SSSR count). The Kier molecular flexibility index (Phi) is 11.4. The second-order valence-electron chi connectivity index (χ2n) is 10.8. The molecule has 1 aliphatic heterocycles. The van der Waals surface area contributed by atoms with Crippen LogP contribution in [0.4, 0.5) is 0 Å². The van der Waals surface area contributed by atoms with Crippen molar-refractivity contribution in [1.29, 1.82) is 0 Å². The number of piperidine rings is 1. The molecule has 1 saturated carbocycles. The van der Waals surface area contributed by atoms with Crippen molar-refractivity contribution in [1.82, 2.24) is 4.90 Å². The maximum atomic E-state index is 13.4. The van der Waals surface area contributed by atoms with Crippen LogP contribution >= 0.6 is 0 Å². The van der Waals surface area contributed by atoms with Gasteiger partial charge in [0.1, 0.15) is 0 Å². The van der Waals surface area contributed by atoms with E-state index in [0.717, 1.165) is 57.9 Å². The van der Waals surface area contributed by atoms with E-state index >= 15 is 0 Å². The lowest BCUT2D eigenvalue weighted by molar-refractivity contribution is -0.140. The van der Waals surface area contributed by atoms with E-state index in [1.807, 2.05) is 13.0 Å². The minimum absolute atomic E-state index is 0.0292. The lowest BCUT2D eigenvalue weighted by atomic mass is 9.74. The van der Waals surface area contributed by atoms with Crippen molar-refractivity contribution in [3.05, 3.63) is 35.9 Å². The van der Waals surface area contributed by atoms with Gasteiger partial charge in [-0.05, 0) is 56.6 Å². The Balaban J connectivity index is 1.62. The lowest BCUT2D eigenvalue weighted by Crippen LogP contribution is -2.48. The van der Waals surface area contributed by atoms with Gasteiger partial charge in [0.25, 0.3) is 0 Å². The van der Waals surface area contributed by atoms with Gasteiger partial charge in [-0.3, -0.25) is 4.79 Å². The van der Waals surface area contributed by atoms with E-state index in [-0.39, 0.29) is 17.4 Å². The number of ether oxygens (including phenoxy) is 2. The zero-order valence-corrected chi connectivity index (χ0v) is 21.7. The number of benzene rings is 1. The molecule has 192 valence electrons. The first-order valence-electron chi connectivity index (χ1n) is 13.8. The summed E-state index contributed by atoms with van der Waals surface area (Å²) in [6.07, 6.45) is 11.3. The maximum absolute atomic E-state index is 13.4. The summed E-state index contributed by atoms with van der Waals surface area (Å²) in [5.41, 5.74) is 7.23. The Labute approximate surface area is 207 Å². The maximum Gasteiger partial charge on any atom is 0.222 e. The first-order valence-corrected chi connectivity index (χ1v) is 13.8. The van der Waals surface area contributed by atoms with Gasteiger partial charge >= 0.3 is 0 Å². The first-order chi connectivity index (χ1) is 16.6. The van der Waals surface area contributed by atoms with Crippen LogP contribution in [0.25, 0.3) is 0 Å². The van der Waals surface area contributed by atoms with E-state index in [4.69, 9.17) is 15.2 Å². The summed E-state index contributed by atoms with van der Waals surface area (Å²) in [4.78, 5) is 15.5. The Morgan fingerprint density at radius 3 is 2.62 bits per heavy atom. The van der Waals surface area contributed by atoms with Crippen LogP contribution in [-0.4, -0.2) is 50.3 Å². The Hall–Kier alpha value is -1.43. The molecule has 1 amide bonds.